The van der Waals surface area contributed by atoms with Crippen LogP contribution >= 0.6 is 0 Å². The van der Waals surface area contributed by atoms with Gasteiger partial charge in [0.15, 0.2) is 0 Å². The number of hydrogen-bond acceptors (Lipinski definition) is 4. The molecule has 0 bridgehead atoms. The molecule has 0 amide bonds. The Labute approximate surface area is 63.0 Å². The summed E-state index contributed by atoms with van der Waals surface area (Å²) in [6.45, 7) is 0.972. The summed E-state index contributed by atoms with van der Waals surface area (Å²) in [7, 11) is 0. The number of carbonyl (C=O) groups excluding carboxylic acids is 1. The number of aliphatic carboxylic acids is 1. The minimum Gasteiger partial charge on any atom is -0.550 e. The molecule has 0 saturated carbocycles. The third-order valence-corrected chi connectivity index (χ3v) is 0. The molecule has 0 unspecified atom stereocenters. The van der Waals surface area contributed by atoms with Crippen molar-refractivity contribution in [2.24, 2.45) is 0 Å². The fraction of sp³-hybridized carbons (Fsp3) is 0.500. The van der Waals surface area contributed by atoms with Gasteiger partial charge in [-0.2, -0.15) is 0 Å². The molecule has 0 spiro atoms. The molecular formula is C2H5NaO4. The van der Waals surface area contributed by atoms with E-state index in [2.05, 4.69) is 0 Å². The summed E-state index contributed by atoms with van der Waals surface area (Å²) >= 11 is 0. The molecule has 0 saturated heterocycles. The van der Waals surface area contributed by atoms with E-state index >= 15 is 0 Å². The van der Waals surface area contributed by atoms with Crippen LogP contribution in [0.2, 0.25) is 0 Å². The van der Waals surface area contributed by atoms with Crippen molar-refractivity contribution in [2.45, 2.75) is 6.92 Å². The summed E-state index contributed by atoms with van der Waals surface area (Å²) < 4.78 is 0. The Morgan fingerprint density at radius 1 is 1.57 bits per heavy atom. The zero-order valence-corrected chi connectivity index (χ0v) is 6.21. The predicted octanol–water partition coefficient (Wildman–Crippen LogP) is -4.22. The van der Waals surface area contributed by atoms with Crippen molar-refractivity contribution in [1.82, 2.24) is 0 Å². The van der Waals surface area contributed by atoms with Gasteiger partial charge >= 0.3 is 29.6 Å². The summed E-state index contributed by atoms with van der Waals surface area (Å²) in [4.78, 5) is 8.89. The van der Waals surface area contributed by atoms with E-state index in [1.807, 2.05) is 0 Å². The van der Waals surface area contributed by atoms with Gasteiger partial charge in [0.2, 0.25) is 0 Å². The van der Waals surface area contributed by atoms with Crippen LogP contribution in [0.4, 0.5) is 0 Å². The normalized spacial score (nSPS) is 4.43. The van der Waals surface area contributed by atoms with Gasteiger partial charge in [-0.1, -0.05) is 0 Å². The van der Waals surface area contributed by atoms with E-state index < -0.39 is 5.97 Å². The van der Waals surface area contributed by atoms with Gasteiger partial charge in [-0.05, 0) is 6.92 Å². The van der Waals surface area contributed by atoms with E-state index in [1.165, 1.54) is 0 Å². The van der Waals surface area contributed by atoms with Gasteiger partial charge in [0.1, 0.15) is 0 Å². The molecule has 0 aliphatic carbocycles. The molecule has 38 valence electrons. The summed E-state index contributed by atoms with van der Waals surface area (Å²) in [5.41, 5.74) is 0. The molecule has 0 rings (SSSR count). The predicted molar refractivity (Wildman–Crippen MR) is 15.9 cm³/mol. The molecule has 0 fully saturated rings. The summed E-state index contributed by atoms with van der Waals surface area (Å²) in [5.74, 6) is -1.08. The summed E-state index contributed by atoms with van der Waals surface area (Å²) in [5, 5.41) is 20.9. The fourth-order valence-electron chi connectivity index (χ4n) is 0. The molecule has 0 aliphatic heterocycles. The van der Waals surface area contributed by atoms with E-state index in [4.69, 9.17) is 20.4 Å². The number of carboxylic acid groups (broad SMARTS) is 1. The molecule has 7 heavy (non-hydrogen) atoms. The second kappa shape index (κ2) is 16.2. The summed E-state index contributed by atoms with van der Waals surface area (Å²) in [6, 6.07) is 0. The molecule has 0 aromatic carbocycles. The van der Waals surface area contributed by atoms with Crippen LogP contribution in [-0.4, -0.2) is 16.5 Å². The zero-order valence-electron chi connectivity index (χ0n) is 4.21. The first-order chi connectivity index (χ1) is 2.73. The van der Waals surface area contributed by atoms with Crippen LogP contribution in [0, 0.1) is 0 Å². The second-order valence-corrected chi connectivity index (χ2v) is 0.492. The maximum Gasteiger partial charge on any atom is 1.00 e. The maximum atomic E-state index is 8.89. The van der Waals surface area contributed by atoms with Crippen molar-refractivity contribution >= 4 is 5.97 Å². The largest absolute Gasteiger partial charge is 1.00 e. The smallest absolute Gasteiger partial charge is 0.550 e. The van der Waals surface area contributed by atoms with Crippen LogP contribution in [0.1, 0.15) is 6.92 Å². The van der Waals surface area contributed by atoms with E-state index in [1.54, 1.807) is 0 Å². The molecule has 5 heteroatoms. The van der Waals surface area contributed by atoms with Crippen LogP contribution in [0.3, 0.4) is 0 Å². The summed E-state index contributed by atoms with van der Waals surface area (Å²) in [6.07, 6.45) is 0. The van der Waals surface area contributed by atoms with Crippen molar-refractivity contribution in [2.75, 3.05) is 0 Å². The molecule has 0 aliphatic rings. The van der Waals surface area contributed by atoms with Gasteiger partial charge in [-0.25, -0.2) is 0 Å². The molecule has 0 aromatic rings. The molecule has 0 heterocycles. The van der Waals surface area contributed by atoms with Crippen LogP contribution < -0.4 is 34.7 Å². The van der Waals surface area contributed by atoms with Gasteiger partial charge in [0.05, 0.1) is 0 Å². The van der Waals surface area contributed by atoms with Crippen molar-refractivity contribution in [3.8, 4) is 0 Å². The van der Waals surface area contributed by atoms with Crippen LogP contribution in [0.25, 0.3) is 0 Å². The second-order valence-electron chi connectivity index (χ2n) is 0.492. The zero-order chi connectivity index (χ0) is 5.58. The van der Waals surface area contributed by atoms with Crippen molar-refractivity contribution in [1.29, 1.82) is 0 Å². The van der Waals surface area contributed by atoms with E-state index in [9.17, 15) is 0 Å². The Kier molecular flexibility index (Phi) is 36.1. The van der Waals surface area contributed by atoms with Crippen molar-refractivity contribution < 1.29 is 50.0 Å². The van der Waals surface area contributed by atoms with E-state index in [0.29, 0.717) is 0 Å². The number of carbonyl (C=O) groups is 1. The van der Waals surface area contributed by atoms with Crippen LogP contribution in [-0.2, 0) is 4.79 Å². The molecule has 0 radical (unpaired) electrons. The molecular weight excluding hydrogens is 111 g/mol. The standard InChI is InChI=1S/C2H4O2.Na.H2O2/c1-2(3)4;;1-2/h1H3,(H,3,4);;1-2H/q;+1;/p-1. The Bertz CT molecular complexity index is 32.7. The van der Waals surface area contributed by atoms with E-state index in [0.717, 1.165) is 6.92 Å². The number of carboxylic acids is 1. The quantitative estimate of drug-likeness (QED) is 0.191. The van der Waals surface area contributed by atoms with Gasteiger partial charge < -0.3 is 9.90 Å². The third kappa shape index (κ3) is 810. The van der Waals surface area contributed by atoms with Gasteiger partial charge in [0, 0.05) is 5.97 Å². The maximum absolute atomic E-state index is 8.89. The van der Waals surface area contributed by atoms with Crippen LogP contribution in [0.5, 0.6) is 0 Å². The van der Waals surface area contributed by atoms with Crippen molar-refractivity contribution in [3.63, 3.8) is 0 Å². The fourth-order valence-corrected chi connectivity index (χ4v) is 0. The minimum atomic E-state index is -1.08. The van der Waals surface area contributed by atoms with Gasteiger partial charge in [-0.15, -0.1) is 0 Å². The number of hydrogen-bond donors (Lipinski definition) is 2. The molecule has 0 aromatic heterocycles. The monoisotopic (exact) mass is 116 g/mol. The Morgan fingerprint density at radius 3 is 1.57 bits per heavy atom. The van der Waals surface area contributed by atoms with Gasteiger partial charge in [-0.3, -0.25) is 10.5 Å². The van der Waals surface area contributed by atoms with E-state index in [-0.39, 0.29) is 29.6 Å². The topological polar surface area (TPSA) is 80.6 Å². The Balaban J connectivity index is -0.0000000480. The number of rotatable bonds is 0. The van der Waals surface area contributed by atoms with Gasteiger partial charge in [0.25, 0.3) is 0 Å². The van der Waals surface area contributed by atoms with Crippen molar-refractivity contribution in [3.05, 3.63) is 0 Å². The minimum absolute atomic E-state index is 0. The molecule has 4 nitrogen and oxygen atoms in total. The SMILES string of the molecule is CC(=O)[O-].OO.[Na+]. The molecule has 2 N–H and O–H groups in total. The molecule has 0 atom stereocenters. The Hall–Kier alpha value is 0.390. The first-order valence-corrected chi connectivity index (χ1v) is 1.11. The average Bonchev–Trinajstić information content (AvgIpc) is 1.41. The van der Waals surface area contributed by atoms with Crippen LogP contribution in [0.15, 0.2) is 0 Å². The average molecular weight is 116 g/mol. The first kappa shape index (κ1) is 15.7. The first-order valence-electron chi connectivity index (χ1n) is 1.11. The third-order valence-electron chi connectivity index (χ3n) is 0. The Morgan fingerprint density at radius 2 is 1.57 bits per heavy atom.